The van der Waals surface area contributed by atoms with E-state index in [0.717, 1.165) is 44.0 Å². The van der Waals surface area contributed by atoms with Gasteiger partial charge >= 0.3 is 0 Å². The van der Waals surface area contributed by atoms with Gasteiger partial charge in [-0.15, -0.1) is 0 Å². The van der Waals surface area contributed by atoms with Crippen LogP contribution in [0.4, 0.5) is 0 Å². The Morgan fingerprint density at radius 2 is 1.82 bits per heavy atom. The topological polar surface area (TPSA) is 30.9 Å². The minimum atomic E-state index is 0.225. The lowest BCUT2D eigenvalue weighted by Crippen LogP contribution is -2.55. The van der Waals surface area contributed by atoms with Gasteiger partial charge in [-0.2, -0.15) is 0 Å². The summed E-state index contributed by atoms with van der Waals surface area (Å²) in [5.41, 5.74) is 1.04. The number of halogens is 2. The van der Waals surface area contributed by atoms with E-state index in [1.165, 1.54) is 6.42 Å². The normalized spacial score (nSPS) is 24.8. The summed E-state index contributed by atoms with van der Waals surface area (Å²) in [7, 11) is 0. The molecule has 2 fully saturated rings. The molecule has 3 atom stereocenters. The number of likely N-dealkylation sites (tertiary alicyclic amines) is 1. The molecule has 2 saturated heterocycles. The van der Waals surface area contributed by atoms with Gasteiger partial charge in [0.25, 0.3) is 0 Å². The Hall–Kier alpha value is -1.98. The predicted molar refractivity (Wildman–Crippen MR) is 132 cm³/mol. The molecule has 2 heterocycles. The number of hydrogen-bond acceptors (Lipinski definition) is 4. The van der Waals surface area contributed by atoms with Gasteiger partial charge in [-0.1, -0.05) is 59.6 Å². The second kappa shape index (κ2) is 10.5. The second-order valence-electron chi connectivity index (χ2n) is 9.08. The molecular formula is C27H29Cl2NO3. The molecular weight excluding hydrogens is 457 g/mol. The molecule has 0 saturated carbocycles. The summed E-state index contributed by atoms with van der Waals surface area (Å²) < 4.78 is 17.7. The molecule has 0 bridgehead atoms. The van der Waals surface area contributed by atoms with Crippen LogP contribution in [0.5, 0.6) is 11.5 Å². The minimum absolute atomic E-state index is 0.225. The number of rotatable bonds is 9. The summed E-state index contributed by atoms with van der Waals surface area (Å²) in [5.74, 6) is 2.63. The molecule has 1 aliphatic carbocycles. The highest BCUT2D eigenvalue weighted by molar-refractivity contribution is 6.35. The SMILES string of the molecule is Clc1ccc(OCc2cccc(OC3CN(CC4C=CC=CC4CC4CCO4)C3)c2)c(Cl)c1. The lowest BCUT2D eigenvalue weighted by Gasteiger charge is -2.42. The van der Waals surface area contributed by atoms with Gasteiger partial charge < -0.3 is 14.2 Å². The number of hydrogen-bond donors (Lipinski definition) is 0. The van der Waals surface area contributed by atoms with E-state index in [1.54, 1.807) is 18.2 Å². The maximum absolute atomic E-state index is 6.23. The number of benzene rings is 2. The molecule has 0 spiro atoms. The van der Waals surface area contributed by atoms with Crippen molar-refractivity contribution in [3.05, 3.63) is 82.4 Å². The van der Waals surface area contributed by atoms with Crippen molar-refractivity contribution in [1.29, 1.82) is 0 Å². The average Bonchev–Trinajstić information content (AvgIpc) is 2.75. The third kappa shape index (κ3) is 5.93. The van der Waals surface area contributed by atoms with Gasteiger partial charge in [0.05, 0.1) is 11.1 Å². The molecule has 6 heteroatoms. The van der Waals surface area contributed by atoms with Crippen LogP contribution < -0.4 is 9.47 Å². The molecule has 2 aromatic carbocycles. The van der Waals surface area contributed by atoms with Gasteiger partial charge in [-0.25, -0.2) is 0 Å². The second-order valence-corrected chi connectivity index (χ2v) is 9.93. The summed E-state index contributed by atoms with van der Waals surface area (Å²) in [5, 5.41) is 1.10. The van der Waals surface area contributed by atoms with Crippen LogP contribution in [0.25, 0.3) is 0 Å². The largest absolute Gasteiger partial charge is 0.488 e. The third-order valence-electron chi connectivity index (χ3n) is 6.59. The summed E-state index contributed by atoms with van der Waals surface area (Å²) in [6.07, 6.45) is 12.1. The quantitative estimate of drug-likeness (QED) is 0.424. The van der Waals surface area contributed by atoms with Crippen LogP contribution in [0.2, 0.25) is 10.0 Å². The standard InChI is InChI=1S/C27H29Cl2NO3/c28-22-8-9-27(26(29)14-22)32-18-19-4-3-7-24(12-19)33-25-16-30(17-25)15-21-6-2-1-5-20(21)13-23-10-11-31-23/h1-9,12,14,20-21,23,25H,10-11,13,15-18H2. The maximum Gasteiger partial charge on any atom is 0.138 e. The van der Waals surface area contributed by atoms with Crippen molar-refractivity contribution in [3.63, 3.8) is 0 Å². The van der Waals surface area contributed by atoms with Crippen LogP contribution in [0.1, 0.15) is 18.4 Å². The Balaban J connectivity index is 1.08. The van der Waals surface area contributed by atoms with E-state index in [9.17, 15) is 0 Å². The monoisotopic (exact) mass is 485 g/mol. The van der Waals surface area contributed by atoms with Crippen molar-refractivity contribution >= 4 is 23.2 Å². The van der Waals surface area contributed by atoms with Gasteiger partial charge in [0.1, 0.15) is 24.2 Å². The molecule has 0 aromatic heterocycles. The first kappa shape index (κ1) is 22.8. The Morgan fingerprint density at radius 1 is 1.00 bits per heavy atom. The molecule has 3 aliphatic rings. The van der Waals surface area contributed by atoms with Gasteiger partial charge in [0, 0.05) is 31.3 Å². The highest BCUT2D eigenvalue weighted by Crippen LogP contribution is 2.31. The molecule has 2 aliphatic heterocycles. The zero-order valence-corrected chi connectivity index (χ0v) is 20.0. The van der Waals surface area contributed by atoms with Crippen LogP contribution in [0.3, 0.4) is 0 Å². The number of nitrogens with zero attached hydrogens (tertiary/aromatic N) is 1. The first-order valence-corrected chi connectivity index (χ1v) is 12.4. The molecule has 0 amide bonds. The molecule has 0 N–H and O–H groups in total. The zero-order valence-electron chi connectivity index (χ0n) is 18.5. The summed E-state index contributed by atoms with van der Waals surface area (Å²) in [4.78, 5) is 2.49. The molecule has 174 valence electrons. The molecule has 3 unspecified atom stereocenters. The molecule has 33 heavy (non-hydrogen) atoms. The van der Waals surface area contributed by atoms with Crippen molar-refractivity contribution in [2.75, 3.05) is 26.2 Å². The van der Waals surface area contributed by atoms with Gasteiger partial charge in [0.2, 0.25) is 0 Å². The lowest BCUT2D eigenvalue weighted by atomic mass is 9.82. The van der Waals surface area contributed by atoms with Gasteiger partial charge in [-0.3, -0.25) is 4.90 Å². The Labute approximate surface area is 205 Å². The van der Waals surface area contributed by atoms with Crippen LogP contribution in [0, 0.1) is 11.8 Å². The molecule has 2 aromatic rings. The summed E-state index contributed by atoms with van der Waals surface area (Å²) >= 11 is 12.1. The summed E-state index contributed by atoms with van der Waals surface area (Å²) in [6.45, 7) is 4.34. The fourth-order valence-corrected chi connectivity index (χ4v) is 5.08. The van der Waals surface area contributed by atoms with E-state index in [1.807, 2.05) is 24.3 Å². The number of allylic oxidation sites excluding steroid dienone is 3. The average molecular weight is 486 g/mol. The van der Waals surface area contributed by atoms with Crippen molar-refractivity contribution < 1.29 is 14.2 Å². The van der Waals surface area contributed by atoms with E-state index < -0.39 is 0 Å². The number of ether oxygens (including phenoxy) is 3. The van der Waals surface area contributed by atoms with E-state index in [0.29, 0.717) is 40.3 Å². The van der Waals surface area contributed by atoms with Crippen LogP contribution in [0.15, 0.2) is 66.8 Å². The van der Waals surface area contributed by atoms with Gasteiger partial charge in [-0.05, 0) is 60.6 Å². The molecule has 5 rings (SSSR count). The Morgan fingerprint density at radius 3 is 2.58 bits per heavy atom. The van der Waals surface area contributed by atoms with Crippen LogP contribution in [-0.2, 0) is 11.3 Å². The van der Waals surface area contributed by atoms with Crippen LogP contribution in [-0.4, -0.2) is 43.3 Å². The van der Waals surface area contributed by atoms with E-state index in [2.05, 4.69) is 29.2 Å². The lowest BCUT2D eigenvalue weighted by molar-refractivity contribution is -0.0642. The first-order chi connectivity index (χ1) is 16.1. The molecule has 4 nitrogen and oxygen atoms in total. The zero-order chi connectivity index (χ0) is 22.6. The van der Waals surface area contributed by atoms with Crippen molar-refractivity contribution in [3.8, 4) is 11.5 Å². The van der Waals surface area contributed by atoms with Crippen LogP contribution >= 0.6 is 23.2 Å². The fraction of sp³-hybridized carbons (Fsp3) is 0.407. The first-order valence-electron chi connectivity index (χ1n) is 11.6. The van der Waals surface area contributed by atoms with Crippen molar-refractivity contribution in [1.82, 2.24) is 4.90 Å². The smallest absolute Gasteiger partial charge is 0.138 e. The fourth-order valence-electron chi connectivity index (χ4n) is 4.62. The maximum atomic E-state index is 6.23. The predicted octanol–water partition coefficient (Wildman–Crippen LogP) is 6.17. The molecule has 0 radical (unpaired) electrons. The van der Waals surface area contributed by atoms with Crippen molar-refractivity contribution in [2.24, 2.45) is 11.8 Å². The third-order valence-corrected chi connectivity index (χ3v) is 7.12. The van der Waals surface area contributed by atoms with E-state index >= 15 is 0 Å². The summed E-state index contributed by atoms with van der Waals surface area (Å²) in [6, 6.07) is 13.3. The Kier molecular flexibility index (Phi) is 7.27. The van der Waals surface area contributed by atoms with E-state index in [-0.39, 0.29) is 6.10 Å². The van der Waals surface area contributed by atoms with Crippen molar-refractivity contribution in [2.45, 2.75) is 31.7 Å². The highest BCUT2D eigenvalue weighted by atomic mass is 35.5. The van der Waals surface area contributed by atoms with Gasteiger partial charge in [0.15, 0.2) is 0 Å². The minimum Gasteiger partial charge on any atom is -0.488 e. The Bertz CT molecular complexity index is 1010. The van der Waals surface area contributed by atoms with E-state index in [4.69, 9.17) is 37.4 Å². The highest BCUT2D eigenvalue weighted by Gasteiger charge is 2.33.